The molecule has 8 nitrogen and oxygen atoms in total. The Kier molecular flexibility index (Phi) is 6.04. The molecule has 0 saturated carbocycles. The van der Waals surface area contributed by atoms with Crippen LogP contribution in [0.3, 0.4) is 0 Å². The van der Waals surface area contributed by atoms with Gasteiger partial charge in [0.05, 0.1) is 16.6 Å². The minimum atomic E-state index is -0.656. The molecule has 0 spiro atoms. The van der Waals surface area contributed by atoms with E-state index in [1.54, 1.807) is 50.2 Å². The lowest BCUT2D eigenvalue weighted by molar-refractivity contribution is -0.385. The van der Waals surface area contributed by atoms with Crippen molar-refractivity contribution in [3.63, 3.8) is 0 Å². The van der Waals surface area contributed by atoms with E-state index in [9.17, 15) is 14.9 Å². The summed E-state index contributed by atoms with van der Waals surface area (Å²) in [6, 6.07) is 11.3. The summed E-state index contributed by atoms with van der Waals surface area (Å²) >= 11 is 6.14. The highest BCUT2D eigenvalue weighted by Gasteiger charge is 2.21. The first-order valence-corrected chi connectivity index (χ1v) is 9.00. The molecular formula is C20H16ClN3O5. The van der Waals surface area contributed by atoms with Gasteiger partial charge in [-0.3, -0.25) is 10.1 Å². The van der Waals surface area contributed by atoms with Gasteiger partial charge in [-0.1, -0.05) is 35.9 Å². The molecule has 0 fully saturated rings. The second-order valence-electron chi connectivity index (χ2n) is 5.92. The summed E-state index contributed by atoms with van der Waals surface area (Å²) in [5.74, 6) is -0.275. The molecule has 9 heteroatoms. The topological polar surface area (TPSA) is 104 Å². The van der Waals surface area contributed by atoms with Gasteiger partial charge >= 0.3 is 5.97 Å². The van der Waals surface area contributed by atoms with Crippen LogP contribution in [-0.4, -0.2) is 27.5 Å². The van der Waals surface area contributed by atoms with Crippen LogP contribution in [0.2, 0.25) is 5.02 Å². The highest BCUT2D eigenvalue weighted by molar-refractivity contribution is 6.32. The molecule has 0 aliphatic carbocycles. The number of benzene rings is 2. The van der Waals surface area contributed by atoms with Gasteiger partial charge in [-0.05, 0) is 26.0 Å². The molecule has 1 heterocycles. The summed E-state index contributed by atoms with van der Waals surface area (Å²) in [6.07, 6.45) is 1.26. The Labute approximate surface area is 171 Å². The minimum Gasteiger partial charge on any atom is -0.462 e. The van der Waals surface area contributed by atoms with Crippen molar-refractivity contribution in [2.45, 2.75) is 13.8 Å². The lowest BCUT2D eigenvalue weighted by Crippen LogP contribution is -2.09. The van der Waals surface area contributed by atoms with Crippen molar-refractivity contribution in [1.29, 1.82) is 0 Å². The summed E-state index contributed by atoms with van der Waals surface area (Å²) in [5.41, 5.74) is 0.863. The van der Waals surface area contributed by atoms with E-state index < -0.39 is 10.9 Å². The molecule has 0 saturated heterocycles. The quantitative estimate of drug-likeness (QED) is 0.318. The van der Waals surface area contributed by atoms with Crippen LogP contribution in [0, 0.1) is 17.0 Å². The smallest absolute Gasteiger partial charge is 0.345 e. The standard InChI is InChI=1S/C20H16ClN3O5/c1-3-28-20(25)14-11-22-18(13-9-8-12(2)16(10-13)24(26)27)23-19(14)29-17-7-5-4-6-15(17)21/h4-11H,3H2,1-2H3. The van der Waals surface area contributed by atoms with Crippen molar-refractivity contribution in [3.05, 3.63) is 74.9 Å². The Hall–Kier alpha value is -3.52. The number of nitro benzene ring substituents is 1. The fraction of sp³-hybridized carbons (Fsp3) is 0.150. The number of hydrogen-bond acceptors (Lipinski definition) is 7. The lowest BCUT2D eigenvalue weighted by atomic mass is 10.1. The molecular weight excluding hydrogens is 398 g/mol. The van der Waals surface area contributed by atoms with Gasteiger partial charge in [0.2, 0.25) is 5.88 Å². The number of nitro groups is 1. The zero-order chi connectivity index (χ0) is 21.0. The van der Waals surface area contributed by atoms with Gasteiger partial charge in [-0.15, -0.1) is 0 Å². The molecule has 0 bridgehead atoms. The maximum atomic E-state index is 12.3. The fourth-order valence-corrected chi connectivity index (χ4v) is 2.68. The lowest BCUT2D eigenvalue weighted by Gasteiger charge is -2.12. The number of carbonyl (C=O) groups excluding carboxylic acids is 1. The maximum Gasteiger partial charge on any atom is 0.345 e. The van der Waals surface area contributed by atoms with Crippen molar-refractivity contribution >= 4 is 23.3 Å². The third-order valence-corrected chi connectivity index (χ3v) is 4.27. The highest BCUT2D eigenvalue weighted by Crippen LogP contribution is 2.32. The van der Waals surface area contributed by atoms with Crippen molar-refractivity contribution in [1.82, 2.24) is 9.97 Å². The van der Waals surface area contributed by atoms with E-state index in [1.165, 1.54) is 12.3 Å². The number of nitrogens with zero attached hydrogens (tertiary/aromatic N) is 3. The molecule has 3 aromatic rings. The average molecular weight is 414 g/mol. The molecule has 1 aromatic heterocycles. The van der Waals surface area contributed by atoms with E-state index in [4.69, 9.17) is 21.1 Å². The van der Waals surface area contributed by atoms with Crippen LogP contribution in [0.25, 0.3) is 11.4 Å². The van der Waals surface area contributed by atoms with Gasteiger partial charge in [0.15, 0.2) is 5.82 Å². The molecule has 0 aliphatic rings. The highest BCUT2D eigenvalue weighted by atomic mass is 35.5. The first kappa shape index (κ1) is 20.2. The van der Waals surface area contributed by atoms with Gasteiger partial charge < -0.3 is 9.47 Å². The van der Waals surface area contributed by atoms with Crippen molar-refractivity contribution in [2.24, 2.45) is 0 Å². The second kappa shape index (κ2) is 8.66. The van der Waals surface area contributed by atoms with Gasteiger partial charge in [0.1, 0.15) is 11.3 Å². The SMILES string of the molecule is CCOC(=O)c1cnc(-c2ccc(C)c([N+](=O)[O-])c2)nc1Oc1ccccc1Cl. The van der Waals surface area contributed by atoms with Crippen LogP contribution in [-0.2, 0) is 4.74 Å². The largest absolute Gasteiger partial charge is 0.462 e. The number of para-hydroxylation sites is 1. The molecule has 0 radical (unpaired) electrons. The van der Waals surface area contributed by atoms with E-state index in [0.717, 1.165) is 0 Å². The Bertz CT molecular complexity index is 1090. The van der Waals surface area contributed by atoms with Crippen molar-refractivity contribution < 1.29 is 19.2 Å². The van der Waals surface area contributed by atoms with Crippen LogP contribution in [0.4, 0.5) is 5.69 Å². The number of hydrogen-bond donors (Lipinski definition) is 0. The molecule has 3 rings (SSSR count). The number of carbonyl (C=O) groups is 1. The number of aromatic nitrogens is 2. The van der Waals surface area contributed by atoms with E-state index in [0.29, 0.717) is 21.9 Å². The maximum absolute atomic E-state index is 12.3. The molecule has 2 aromatic carbocycles. The summed E-state index contributed by atoms with van der Waals surface area (Å²) in [6.45, 7) is 3.47. The zero-order valence-corrected chi connectivity index (χ0v) is 16.3. The van der Waals surface area contributed by atoms with E-state index in [-0.39, 0.29) is 29.6 Å². The second-order valence-corrected chi connectivity index (χ2v) is 6.33. The summed E-state index contributed by atoms with van der Waals surface area (Å²) in [5, 5.41) is 11.6. The predicted molar refractivity (Wildman–Crippen MR) is 106 cm³/mol. The van der Waals surface area contributed by atoms with Crippen molar-refractivity contribution in [2.75, 3.05) is 6.61 Å². The number of rotatable bonds is 6. The summed E-state index contributed by atoms with van der Waals surface area (Å²) < 4.78 is 10.8. The minimum absolute atomic E-state index is 0.0112. The van der Waals surface area contributed by atoms with Crippen LogP contribution >= 0.6 is 11.6 Å². The molecule has 0 aliphatic heterocycles. The van der Waals surface area contributed by atoms with Crippen molar-refractivity contribution in [3.8, 4) is 23.0 Å². The first-order chi connectivity index (χ1) is 13.9. The Morgan fingerprint density at radius 1 is 1.24 bits per heavy atom. The van der Waals surface area contributed by atoms with Crippen LogP contribution < -0.4 is 4.74 Å². The Morgan fingerprint density at radius 3 is 2.69 bits per heavy atom. The molecule has 148 valence electrons. The molecule has 0 unspecified atom stereocenters. The van der Waals surface area contributed by atoms with Gasteiger partial charge in [0.25, 0.3) is 5.69 Å². The van der Waals surface area contributed by atoms with Gasteiger partial charge in [-0.2, -0.15) is 4.98 Å². The third-order valence-electron chi connectivity index (χ3n) is 3.96. The van der Waals surface area contributed by atoms with Crippen LogP contribution in [0.1, 0.15) is 22.8 Å². The van der Waals surface area contributed by atoms with Gasteiger partial charge in [0, 0.05) is 23.4 Å². The first-order valence-electron chi connectivity index (χ1n) is 8.62. The summed E-state index contributed by atoms with van der Waals surface area (Å²) in [4.78, 5) is 31.5. The molecule has 0 N–H and O–H groups in total. The predicted octanol–water partition coefficient (Wildman–Crippen LogP) is 4.98. The molecule has 0 amide bonds. The molecule has 0 atom stereocenters. The third kappa shape index (κ3) is 4.49. The van der Waals surface area contributed by atoms with Gasteiger partial charge in [-0.25, -0.2) is 9.78 Å². The normalized spacial score (nSPS) is 10.4. The number of ether oxygens (including phenoxy) is 2. The van der Waals surface area contributed by atoms with E-state index >= 15 is 0 Å². The number of esters is 1. The number of halogens is 1. The van der Waals surface area contributed by atoms with E-state index in [1.807, 2.05) is 0 Å². The number of aryl methyl sites for hydroxylation is 1. The molecule has 29 heavy (non-hydrogen) atoms. The Balaban J connectivity index is 2.09. The summed E-state index contributed by atoms with van der Waals surface area (Å²) in [7, 11) is 0. The van der Waals surface area contributed by atoms with Crippen LogP contribution in [0.15, 0.2) is 48.7 Å². The average Bonchev–Trinajstić information content (AvgIpc) is 2.70. The Morgan fingerprint density at radius 2 is 2.00 bits per heavy atom. The van der Waals surface area contributed by atoms with Crippen LogP contribution in [0.5, 0.6) is 11.6 Å². The monoisotopic (exact) mass is 413 g/mol. The fourth-order valence-electron chi connectivity index (χ4n) is 2.51. The van der Waals surface area contributed by atoms with E-state index in [2.05, 4.69) is 9.97 Å². The zero-order valence-electron chi connectivity index (χ0n) is 15.6.